The number of nitrogens with zero attached hydrogens (tertiary/aromatic N) is 1. The van der Waals surface area contributed by atoms with Crippen LogP contribution < -0.4 is 5.32 Å². The molecule has 0 unspecified atom stereocenters. The molecule has 2 amide bonds. The van der Waals surface area contributed by atoms with Crippen LogP contribution in [0.5, 0.6) is 0 Å². The second-order valence-electron chi connectivity index (χ2n) is 8.78. The third-order valence-corrected chi connectivity index (χ3v) is 4.22. The van der Waals surface area contributed by atoms with Gasteiger partial charge < -0.3 is 5.32 Å². The van der Waals surface area contributed by atoms with Gasteiger partial charge in [-0.2, -0.15) is 4.99 Å². The number of allylic oxidation sites excluding steroid dienone is 4. The number of carbonyl (C=O) groups is 2. The first kappa shape index (κ1) is 19.8. The Morgan fingerprint density at radius 2 is 1.35 bits per heavy atom. The highest BCUT2D eigenvalue weighted by molar-refractivity contribution is 6.24. The Hall–Kier alpha value is -2.49. The summed E-state index contributed by atoms with van der Waals surface area (Å²) in [7, 11) is 0. The zero-order chi connectivity index (χ0) is 19.7. The fourth-order valence-corrected chi connectivity index (χ4v) is 2.70. The molecule has 1 N–H and O–H groups in total. The van der Waals surface area contributed by atoms with Crippen molar-refractivity contribution in [2.24, 2.45) is 15.8 Å². The number of hydrogen-bond acceptors (Lipinski definition) is 2. The fourth-order valence-electron chi connectivity index (χ4n) is 2.70. The maximum Gasteiger partial charge on any atom is 0.345 e. The van der Waals surface area contributed by atoms with Crippen LogP contribution in [0.3, 0.4) is 0 Å². The lowest BCUT2D eigenvalue weighted by Gasteiger charge is -2.30. The lowest BCUT2D eigenvalue weighted by Crippen LogP contribution is -2.29. The summed E-state index contributed by atoms with van der Waals surface area (Å²) >= 11 is 0. The van der Waals surface area contributed by atoms with Gasteiger partial charge >= 0.3 is 6.03 Å². The summed E-state index contributed by atoms with van der Waals surface area (Å²) in [4.78, 5) is 29.4. The smallest absolute Gasteiger partial charge is 0.306 e. The lowest BCUT2D eigenvalue weighted by atomic mass is 9.72. The summed E-state index contributed by atoms with van der Waals surface area (Å²) in [6.07, 6.45) is 3.46. The van der Waals surface area contributed by atoms with Gasteiger partial charge in [0, 0.05) is 16.8 Å². The van der Waals surface area contributed by atoms with Crippen LogP contribution in [-0.2, 0) is 4.79 Å². The Labute approximate surface area is 156 Å². The molecule has 0 spiro atoms. The van der Waals surface area contributed by atoms with Crippen molar-refractivity contribution in [3.63, 3.8) is 0 Å². The van der Waals surface area contributed by atoms with Gasteiger partial charge in [-0.3, -0.25) is 4.79 Å². The van der Waals surface area contributed by atoms with E-state index in [1.807, 2.05) is 72.7 Å². The summed E-state index contributed by atoms with van der Waals surface area (Å²) in [5, 5.41) is 2.76. The number of ketones is 1. The predicted molar refractivity (Wildman–Crippen MR) is 108 cm³/mol. The molecule has 1 aliphatic rings. The van der Waals surface area contributed by atoms with Crippen molar-refractivity contribution in [1.82, 2.24) is 0 Å². The summed E-state index contributed by atoms with van der Waals surface area (Å²) in [6.45, 7) is 13.9. The molecule has 26 heavy (non-hydrogen) atoms. The Bertz CT molecular complexity index is 775. The number of nitrogens with one attached hydrogen (secondary N) is 1. The summed E-state index contributed by atoms with van der Waals surface area (Å²) in [6, 6.07) is 7.08. The van der Waals surface area contributed by atoms with Crippen LogP contribution in [-0.4, -0.2) is 17.5 Å². The van der Waals surface area contributed by atoms with Gasteiger partial charge in [0.05, 0.1) is 5.71 Å². The SMILES string of the molecule is Cc1ccc(NC(=O)N=C2C=C(C(C)(C)C)C(=O)C(C(C)(C)C)=C2)cc1. The quantitative estimate of drug-likeness (QED) is 0.679. The molecule has 138 valence electrons. The molecule has 0 radical (unpaired) electrons. The number of rotatable bonds is 1. The van der Waals surface area contributed by atoms with Gasteiger partial charge in [-0.15, -0.1) is 0 Å². The van der Waals surface area contributed by atoms with Gasteiger partial charge in [-0.25, -0.2) is 4.79 Å². The van der Waals surface area contributed by atoms with Crippen molar-refractivity contribution < 1.29 is 9.59 Å². The second kappa shape index (κ2) is 7.02. The van der Waals surface area contributed by atoms with Gasteiger partial charge in [-0.05, 0) is 42.0 Å². The van der Waals surface area contributed by atoms with Crippen LogP contribution in [0.25, 0.3) is 0 Å². The van der Waals surface area contributed by atoms with Gasteiger partial charge in [0.2, 0.25) is 0 Å². The number of Topliss-reactive ketones (excluding diaryl/α,β-unsaturated/α-hetero) is 1. The lowest BCUT2D eigenvalue weighted by molar-refractivity contribution is -0.114. The molecule has 1 aliphatic carbocycles. The number of carbonyl (C=O) groups excluding carboxylic acids is 2. The monoisotopic (exact) mass is 352 g/mol. The van der Waals surface area contributed by atoms with Crippen LogP contribution in [0.15, 0.2) is 52.6 Å². The number of aliphatic imine (C=N–C) groups is 1. The number of hydrogen-bond donors (Lipinski definition) is 1. The minimum Gasteiger partial charge on any atom is -0.306 e. The van der Waals surface area contributed by atoms with E-state index in [9.17, 15) is 9.59 Å². The molecule has 2 rings (SSSR count). The average molecular weight is 352 g/mol. The molecule has 0 saturated heterocycles. The molecule has 0 fully saturated rings. The van der Waals surface area contributed by atoms with Gasteiger partial charge in [0.25, 0.3) is 0 Å². The van der Waals surface area contributed by atoms with Crippen LogP contribution in [0.4, 0.5) is 10.5 Å². The minimum atomic E-state index is -0.452. The number of anilines is 1. The fraction of sp³-hybridized carbons (Fsp3) is 0.409. The second-order valence-corrected chi connectivity index (χ2v) is 8.78. The highest BCUT2D eigenvalue weighted by atomic mass is 16.2. The van der Waals surface area contributed by atoms with E-state index in [0.29, 0.717) is 22.5 Å². The van der Waals surface area contributed by atoms with Crippen molar-refractivity contribution >= 4 is 23.2 Å². The van der Waals surface area contributed by atoms with Crippen LogP contribution >= 0.6 is 0 Å². The van der Waals surface area contributed by atoms with E-state index in [1.54, 1.807) is 12.2 Å². The summed E-state index contributed by atoms with van der Waals surface area (Å²) in [5.41, 5.74) is 3.02. The normalized spacial score (nSPS) is 15.3. The zero-order valence-electron chi connectivity index (χ0n) is 16.7. The van der Waals surface area contributed by atoms with Crippen LogP contribution in [0, 0.1) is 17.8 Å². The highest BCUT2D eigenvalue weighted by Gasteiger charge is 2.34. The molecule has 0 aliphatic heterocycles. The van der Waals surface area contributed by atoms with Gasteiger partial charge in [-0.1, -0.05) is 59.2 Å². The minimum absolute atomic E-state index is 0.0305. The van der Waals surface area contributed by atoms with E-state index < -0.39 is 6.03 Å². The van der Waals surface area contributed by atoms with Crippen molar-refractivity contribution in [1.29, 1.82) is 0 Å². The number of amides is 2. The molecule has 0 bridgehead atoms. The first-order chi connectivity index (χ1) is 11.9. The number of aryl methyl sites for hydroxylation is 1. The van der Waals surface area contributed by atoms with E-state index in [4.69, 9.17) is 0 Å². The molecule has 0 aromatic heterocycles. The number of benzene rings is 1. The molecular weight excluding hydrogens is 324 g/mol. The van der Waals surface area contributed by atoms with Crippen molar-refractivity contribution in [2.75, 3.05) is 5.32 Å². The number of urea groups is 1. The standard InChI is InChI=1S/C22H28N2O2/c1-14-8-10-15(11-9-14)23-20(26)24-16-12-17(21(2,3)4)19(25)18(13-16)22(5,6)7/h8-13H,1-7H3,(H,23,26). The first-order valence-corrected chi connectivity index (χ1v) is 8.83. The Morgan fingerprint density at radius 3 is 1.77 bits per heavy atom. The highest BCUT2D eigenvalue weighted by Crippen LogP contribution is 2.37. The van der Waals surface area contributed by atoms with Crippen molar-refractivity contribution in [3.8, 4) is 0 Å². The van der Waals surface area contributed by atoms with Gasteiger partial charge in [0.1, 0.15) is 0 Å². The van der Waals surface area contributed by atoms with E-state index in [2.05, 4.69) is 10.3 Å². The predicted octanol–water partition coefficient (Wildman–Crippen LogP) is 5.50. The molecule has 0 saturated carbocycles. The summed E-state index contributed by atoms with van der Waals surface area (Å²) < 4.78 is 0. The van der Waals surface area contributed by atoms with Crippen molar-refractivity contribution in [3.05, 3.63) is 53.1 Å². The molecule has 0 heterocycles. The van der Waals surface area contributed by atoms with E-state index in [1.165, 1.54) is 0 Å². The molecule has 1 aromatic carbocycles. The third-order valence-electron chi connectivity index (χ3n) is 4.22. The average Bonchev–Trinajstić information content (AvgIpc) is 2.49. The molecule has 0 atom stereocenters. The topological polar surface area (TPSA) is 58.5 Å². The maximum absolute atomic E-state index is 12.9. The summed E-state index contributed by atoms with van der Waals surface area (Å²) in [5.74, 6) is 0.0305. The molecule has 4 heteroatoms. The molecular formula is C22H28N2O2. The Balaban J connectivity index is 2.37. The first-order valence-electron chi connectivity index (χ1n) is 8.83. The van der Waals surface area contributed by atoms with E-state index >= 15 is 0 Å². The molecule has 1 aromatic rings. The van der Waals surface area contributed by atoms with Crippen molar-refractivity contribution in [2.45, 2.75) is 48.5 Å². The van der Waals surface area contributed by atoms with E-state index in [-0.39, 0.29) is 16.6 Å². The van der Waals surface area contributed by atoms with Gasteiger partial charge in [0.15, 0.2) is 5.78 Å². The van der Waals surface area contributed by atoms with Crippen LogP contribution in [0.1, 0.15) is 47.1 Å². The third kappa shape index (κ3) is 4.78. The maximum atomic E-state index is 12.9. The van der Waals surface area contributed by atoms with E-state index in [0.717, 1.165) is 5.56 Å². The zero-order valence-corrected chi connectivity index (χ0v) is 16.7. The Kier molecular flexibility index (Phi) is 5.36. The Morgan fingerprint density at radius 1 is 0.885 bits per heavy atom. The molecule has 4 nitrogen and oxygen atoms in total. The largest absolute Gasteiger partial charge is 0.345 e. The van der Waals surface area contributed by atoms with Crippen LogP contribution in [0.2, 0.25) is 0 Å².